The monoisotopic (exact) mass is 233 g/mol. The van der Waals surface area contributed by atoms with Gasteiger partial charge in [0.2, 0.25) is 0 Å². The summed E-state index contributed by atoms with van der Waals surface area (Å²) in [7, 11) is 0. The van der Waals surface area contributed by atoms with E-state index < -0.39 is 5.97 Å². The Morgan fingerprint density at radius 2 is 2.41 bits per heavy atom. The molecule has 5 heteroatoms. The molecule has 0 amide bonds. The lowest BCUT2D eigenvalue weighted by molar-refractivity contribution is -0.137. The standard InChI is InChI=1S/C12H15N3O2/c1-2-15(6-4-12(16)17)9-10-3-5-14-11(7-10)8-13/h3,5,7H,2,4,6,9H2,1H3,(H,16,17). The van der Waals surface area contributed by atoms with Crippen LogP contribution in [-0.4, -0.2) is 34.0 Å². The summed E-state index contributed by atoms with van der Waals surface area (Å²) in [6.07, 6.45) is 1.73. The van der Waals surface area contributed by atoms with E-state index in [9.17, 15) is 4.79 Å². The maximum Gasteiger partial charge on any atom is 0.304 e. The van der Waals surface area contributed by atoms with Gasteiger partial charge >= 0.3 is 5.97 Å². The molecule has 0 saturated heterocycles. The first kappa shape index (κ1) is 13.1. The lowest BCUT2D eigenvalue weighted by Gasteiger charge is -2.19. The van der Waals surface area contributed by atoms with Crippen LogP contribution in [0.5, 0.6) is 0 Å². The first-order valence-electron chi connectivity index (χ1n) is 5.45. The fraction of sp³-hybridized carbons (Fsp3) is 0.417. The van der Waals surface area contributed by atoms with Crippen molar-refractivity contribution in [1.29, 1.82) is 5.26 Å². The number of rotatable bonds is 6. The van der Waals surface area contributed by atoms with Gasteiger partial charge in [0.05, 0.1) is 6.42 Å². The van der Waals surface area contributed by atoms with Gasteiger partial charge in [-0.2, -0.15) is 5.26 Å². The van der Waals surface area contributed by atoms with Crippen LogP contribution in [0.25, 0.3) is 0 Å². The molecule has 0 aliphatic rings. The second-order valence-electron chi connectivity index (χ2n) is 3.67. The Bertz CT molecular complexity index is 426. The molecule has 1 aromatic heterocycles. The van der Waals surface area contributed by atoms with Gasteiger partial charge in [0.1, 0.15) is 11.8 Å². The van der Waals surface area contributed by atoms with Crippen molar-refractivity contribution in [2.45, 2.75) is 19.9 Å². The molecule has 1 aromatic rings. The van der Waals surface area contributed by atoms with Crippen LogP contribution in [0.3, 0.4) is 0 Å². The minimum Gasteiger partial charge on any atom is -0.481 e. The SMILES string of the molecule is CCN(CCC(=O)O)Cc1ccnc(C#N)c1. The molecule has 90 valence electrons. The van der Waals surface area contributed by atoms with Crippen LogP contribution in [0, 0.1) is 11.3 Å². The zero-order chi connectivity index (χ0) is 12.7. The number of carboxylic acids is 1. The normalized spacial score (nSPS) is 10.2. The van der Waals surface area contributed by atoms with E-state index in [0.29, 0.717) is 18.8 Å². The Labute approximate surface area is 100 Å². The third-order valence-electron chi connectivity index (χ3n) is 2.43. The quantitative estimate of drug-likeness (QED) is 0.800. The minimum absolute atomic E-state index is 0.129. The molecule has 0 bridgehead atoms. The molecule has 1 heterocycles. The van der Waals surface area contributed by atoms with Crippen LogP contribution in [0.2, 0.25) is 0 Å². The predicted molar refractivity (Wildman–Crippen MR) is 62.2 cm³/mol. The molecule has 1 N–H and O–H groups in total. The Hall–Kier alpha value is -1.93. The van der Waals surface area contributed by atoms with E-state index in [1.165, 1.54) is 0 Å². The number of aromatic nitrogens is 1. The molecule has 0 atom stereocenters. The number of pyridine rings is 1. The average molecular weight is 233 g/mol. The van der Waals surface area contributed by atoms with Crippen LogP contribution in [-0.2, 0) is 11.3 Å². The number of hydrogen-bond acceptors (Lipinski definition) is 4. The zero-order valence-corrected chi connectivity index (χ0v) is 9.76. The molecule has 5 nitrogen and oxygen atoms in total. The summed E-state index contributed by atoms with van der Waals surface area (Å²) in [5.74, 6) is -0.795. The van der Waals surface area contributed by atoms with Gasteiger partial charge in [-0.3, -0.25) is 9.69 Å². The number of aliphatic carboxylic acids is 1. The highest BCUT2D eigenvalue weighted by atomic mass is 16.4. The smallest absolute Gasteiger partial charge is 0.304 e. The first-order valence-corrected chi connectivity index (χ1v) is 5.45. The molecule has 0 aliphatic carbocycles. The average Bonchev–Trinajstić information content (AvgIpc) is 2.34. The molecule has 0 radical (unpaired) electrons. The topological polar surface area (TPSA) is 77.2 Å². The van der Waals surface area contributed by atoms with Crippen molar-refractivity contribution in [3.05, 3.63) is 29.6 Å². The highest BCUT2D eigenvalue weighted by Crippen LogP contribution is 2.06. The number of carboxylic acid groups (broad SMARTS) is 1. The van der Waals surface area contributed by atoms with Crippen molar-refractivity contribution in [3.63, 3.8) is 0 Å². The van der Waals surface area contributed by atoms with Gasteiger partial charge in [-0.05, 0) is 24.2 Å². The highest BCUT2D eigenvalue weighted by Gasteiger charge is 2.07. The van der Waals surface area contributed by atoms with Crippen LogP contribution in [0.15, 0.2) is 18.3 Å². The van der Waals surface area contributed by atoms with Gasteiger partial charge in [-0.15, -0.1) is 0 Å². The van der Waals surface area contributed by atoms with Crippen LogP contribution in [0.4, 0.5) is 0 Å². The third kappa shape index (κ3) is 4.62. The lowest BCUT2D eigenvalue weighted by atomic mass is 10.2. The molecular formula is C12H15N3O2. The van der Waals surface area contributed by atoms with E-state index in [2.05, 4.69) is 4.98 Å². The molecule has 17 heavy (non-hydrogen) atoms. The first-order chi connectivity index (χ1) is 8.15. The Morgan fingerprint density at radius 1 is 1.65 bits per heavy atom. The summed E-state index contributed by atoms with van der Waals surface area (Å²) in [6.45, 7) is 3.91. The maximum atomic E-state index is 10.5. The zero-order valence-electron chi connectivity index (χ0n) is 9.76. The minimum atomic E-state index is -0.795. The molecule has 0 saturated carbocycles. The van der Waals surface area contributed by atoms with Crippen molar-refractivity contribution < 1.29 is 9.90 Å². The number of nitrogens with zero attached hydrogens (tertiary/aromatic N) is 3. The van der Waals surface area contributed by atoms with E-state index in [0.717, 1.165) is 12.1 Å². The molecule has 0 fully saturated rings. The van der Waals surface area contributed by atoms with Gasteiger partial charge in [0.25, 0.3) is 0 Å². The largest absolute Gasteiger partial charge is 0.481 e. The van der Waals surface area contributed by atoms with Gasteiger partial charge in [-0.25, -0.2) is 4.98 Å². The molecule has 0 aliphatic heterocycles. The maximum absolute atomic E-state index is 10.5. The summed E-state index contributed by atoms with van der Waals surface area (Å²) < 4.78 is 0. The summed E-state index contributed by atoms with van der Waals surface area (Å²) in [6, 6.07) is 5.55. The summed E-state index contributed by atoms with van der Waals surface area (Å²) >= 11 is 0. The van der Waals surface area contributed by atoms with E-state index in [1.54, 1.807) is 12.3 Å². The number of carbonyl (C=O) groups is 1. The van der Waals surface area contributed by atoms with Crippen molar-refractivity contribution >= 4 is 5.97 Å². The van der Waals surface area contributed by atoms with Crippen LogP contribution in [0.1, 0.15) is 24.6 Å². The lowest BCUT2D eigenvalue weighted by Crippen LogP contribution is -2.25. The van der Waals surface area contributed by atoms with Gasteiger partial charge in [0, 0.05) is 19.3 Å². The summed E-state index contributed by atoms with van der Waals surface area (Å²) in [5, 5.41) is 17.4. The Kier molecular flexibility index (Phi) is 5.11. The number of hydrogen-bond donors (Lipinski definition) is 1. The van der Waals surface area contributed by atoms with Gasteiger partial charge < -0.3 is 5.11 Å². The Morgan fingerprint density at radius 3 is 3.00 bits per heavy atom. The fourth-order valence-corrected chi connectivity index (χ4v) is 1.49. The fourth-order valence-electron chi connectivity index (χ4n) is 1.49. The van der Waals surface area contributed by atoms with E-state index >= 15 is 0 Å². The van der Waals surface area contributed by atoms with Crippen LogP contribution < -0.4 is 0 Å². The third-order valence-corrected chi connectivity index (χ3v) is 2.43. The molecule has 0 unspecified atom stereocenters. The summed E-state index contributed by atoms with van der Waals surface area (Å²) in [4.78, 5) is 16.4. The van der Waals surface area contributed by atoms with Gasteiger partial charge in [-0.1, -0.05) is 6.92 Å². The number of nitriles is 1. The van der Waals surface area contributed by atoms with Crippen LogP contribution >= 0.6 is 0 Å². The molecular weight excluding hydrogens is 218 g/mol. The van der Waals surface area contributed by atoms with E-state index in [-0.39, 0.29) is 6.42 Å². The predicted octanol–water partition coefficient (Wildman–Crippen LogP) is 1.25. The van der Waals surface area contributed by atoms with Gasteiger partial charge in [0.15, 0.2) is 0 Å². The highest BCUT2D eigenvalue weighted by molar-refractivity contribution is 5.66. The molecule has 0 spiro atoms. The molecule has 1 rings (SSSR count). The van der Waals surface area contributed by atoms with Crippen molar-refractivity contribution in [2.75, 3.05) is 13.1 Å². The second kappa shape index (κ2) is 6.61. The summed E-state index contributed by atoms with van der Waals surface area (Å²) in [5.41, 5.74) is 1.36. The second-order valence-corrected chi connectivity index (χ2v) is 3.67. The Balaban J connectivity index is 2.60. The van der Waals surface area contributed by atoms with Crippen molar-refractivity contribution in [1.82, 2.24) is 9.88 Å². The van der Waals surface area contributed by atoms with E-state index in [4.69, 9.17) is 10.4 Å². The van der Waals surface area contributed by atoms with Crippen molar-refractivity contribution in [3.8, 4) is 6.07 Å². The van der Waals surface area contributed by atoms with E-state index in [1.807, 2.05) is 24.0 Å². The van der Waals surface area contributed by atoms with Crippen molar-refractivity contribution in [2.24, 2.45) is 0 Å². The molecule has 0 aromatic carbocycles.